The Hall–Kier alpha value is -0.120. The molecule has 0 bridgehead atoms. The van der Waals surface area contributed by atoms with Crippen LogP contribution in [0.5, 0.6) is 0 Å². The van der Waals surface area contributed by atoms with E-state index in [1.807, 2.05) is 0 Å². The monoisotopic (exact) mass is 354 g/mol. The molecule has 0 radical (unpaired) electrons. The van der Waals surface area contributed by atoms with Gasteiger partial charge in [-0.2, -0.15) is 0 Å². The van der Waals surface area contributed by atoms with Crippen molar-refractivity contribution in [2.75, 3.05) is 19.6 Å². The molecule has 0 saturated heterocycles. The van der Waals surface area contributed by atoms with Crippen LogP contribution < -0.4 is 11.1 Å². The lowest BCUT2D eigenvalue weighted by Gasteiger charge is -2.26. The predicted octanol–water partition coefficient (Wildman–Crippen LogP) is 4.87. The first-order valence-electron chi connectivity index (χ1n) is 11.3. The molecule has 1 aliphatic rings. The fraction of sp³-hybridized carbons (Fsp3) is 1.00. The van der Waals surface area contributed by atoms with Crippen LogP contribution in [0, 0.1) is 17.8 Å². The summed E-state index contributed by atoms with van der Waals surface area (Å²) in [6.07, 6.45) is 16.1. The molecule has 0 aromatic carbocycles. The van der Waals surface area contributed by atoms with Crippen molar-refractivity contribution in [2.45, 2.75) is 103 Å². The molecular formula is C22H46N2O. The summed E-state index contributed by atoms with van der Waals surface area (Å²) in [5.74, 6) is 2.00. The smallest absolute Gasteiger partial charge is 0.0546 e. The number of nitrogens with two attached hydrogens (primary N) is 1. The summed E-state index contributed by atoms with van der Waals surface area (Å²) in [6.45, 7) is 7.47. The van der Waals surface area contributed by atoms with Crippen LogP contribution in [0.15, 0.2) is 0 Å². The van der Waals surface area contributed by atoms with E-state index in [4.69, 9.17) is 5.73 Å². The van der Waals surface area contributed by atoms with Crippen molar-refractivity contribution >= 4 is 0 Å². The average Bonchev–Trinajstić information content (AvgIpc) is 2.63. The Balaban J connectivity index is 2.31. The Labute approximate surface area is 157 Å². The highest BCUT2D eigenvalue weighted by Gasteiger charge is 2.19. The minimum Gasteiger partial charge on any atom is -0.393 e. The number of aliphatic hydroxyl groups excluding tert-OH is 1. The van der Waals surface area contributed by atoms with Gasteiger partial charge in [0, 0.05) is 0 Å². The molecule has 25 heavy (non-hydrogen) atoms. The zero-order valence-electron chi connectivity index (χ0n) is 17.1. The van der Waals surface area contributed by atoms with E-state index >= 15 is 0 Å². The Morgan fingerprint density at radius 2 is 1.56 bits per heavy atom. The van der Waals surface area contributed by atoms with Crippen LogP contribution in [0.3, 0.4) is 0 Å². The molecule has 0 amide bonds. The second kappa shape index (κ2) is 15.0. The van der Waals surface area contributed by atoms with Crippen molar-refractivity contribution in [2.24, 2.45) is 23.5 Å². The van der Waals surface area contributed by atoms with Crippen molar-refractivity contribution in [1.82, 2.24) is 5.32 Å². The largest absolute Gasteiger partial charge is 0.393 e. The molecule has 0 aromatic heterocycles. The summed E-state index contributed by atoms with van der Waals surface area (Å²) in [5.41, 5.74) is 5.91. The number of aliphatic hydroxyl groups is 1. The average molecular weight is 355 g/mol. The fourth-order valence-corrected chi connectivity index (χ4v) is 4.37. The van der Waals surface area contributed by atoms with Gasteiger partial charge in [0.05, 0.1) is 6.10 Å². The quantitative estimate of drug-likeness (QED) is 0.393. The maximum atomic E-state index is 10.6. The van der Waals surface area contributed by atoms with Gasteiger partial charge in [-0.25, -0.2) is 0 Å². The Morgan fingerprint density at radius 3 is 2.16 bits per heavy atom. The van der Waals surface area contributed by atoms with Crippen LogP contribution in [0.25, 0.3) is 0 Å². The third-order valence-corrected chi connectivity index (χ3v) is 6.07. The zero-order valence-corrected chi connectivity index (χ0v) is 17.1. The summed E-state index contributed by atoms with van der Waals surface area (Å²) in [7, 11) is 0. The van der Waals surface area contributed by atoms with E-state index in [1.54, 1.807) is 0 Å². The van der Waals surface area contributed by atoms with Crippen molar-refractivity contribution in [3.63, 3.8) is 0 Å². The minimum absolute atomic E-state index is 0.177. The van der Waals surface area contributed by atoms with Gasteiger partial charge in [0.25, 0.3) is 0 Å². The van der Waals surface area contributed by atoms with Crippen molar-refractivity contribution in [3.8, 4) is 0 Å². The number of nitrogens with one attached hydrogen (secondary N) is 1. The third-order valence-electron chi connectivity index (χ3n) is 6.07. The molecule has 0 aromatic rings. The first-order chi connectivity index (χ1) is 12.2. The van der Waals surface area contributed by atoms with Gasteiger partial charge < -0.3 is 16.2 Å². The van der Waals surface area contributed by atoms with Gasteiger partial charge in [-0.05, 0) is 75.9 Å². The molecule has 1 saturated carbocycles. The van der Waals surface area contributed by atoms with Crippen LogP contribution in [0.2, 0.25) is 0 Å². The molecule has 0 aliphatic heterocycles. The molecule has 0 spiro atoms. The van der Waals surface area contributed by atoms with E-state index < -0.39 is 0 Å². The molecule has 1 fully saturated rings. The standard InChI is InChI=1S/C22H46N2O/c1-3-5-10-20(16-23)14-22(25)15-21(11-6-4-2)18-24-17-19-12-8-7-9-13-19/h19-22,24-25H,3-18,23H2,1-2H3. The predicted molar refractivity (Wildman–Crippen MR) is 110 cm³/mol. The molecule has 3 heteroatoms. The Kier molecular flexibility index (Phi) is 13.7. The highest BCUT2D eigenvalue weighted by molar-refractivity contribution is 4.74. The van der Waals surface area contributed by atoms with Crippen LogP contribution in [0.1, 0.15) is 97.3 Å². The van der Waals surface area contributed by atoms with Gasteiger partial charge >= 0.3 is 0 Å². The van der Waals surface area contributed by atoms with E-state index in [1.165, 1.54) is 77.2 Å². The summed E-state index contributed by atoms with van der Waals surface area (Å²) in [5, 5.41) is 14.3. The molecule has 3 atom stereocenters. The molecule has 4 N–H and O–H groups in total. The number of unbranched alkanes of at least 4 members (excludes halogenated alkanes) is 2. The molecular weight excluding hydrogens is 308 g/mol. The van der Waals surface area contributed by atoms with Gasteiger partial charge in [0.2, 0.25) is 0 Å². The van der Waals surface area contributed by atoms with E-state index in [0.717, 1.165) is 31.8 Å². The summed E-state index contributed by atoms with van der Waals surface area (Å²) < 4.78 is 0. The Bertz CT molecular complexity index is 292. The minimum atomic E-state index is -0.177. The molecule has 0 heterocycles. The molecule has 1 aliphatic carbocycles. The van der Waals surface area contributed by atoms with Crippen molar-refractivity contribution in [1.29, 1.82) is 0 Å². The number of hydrogen-bond donors (Lipinski definition) is 3. The lowest BCUT2D eigenvalue weighted by atomic mass is 9.88. The fourth-order valence-electron chi connectivity index (χ4n) is 4.37. The number of hydrogen-bond acceptors (Lipinski definition) is 3. The first-order valence-corrected chi connectivity index (χ1v) is 11.3. The van der Waals surface area contributed by atoms with Gasteiger partial charge in [-0.15, -0.1) is 0 Å². The molecule has 3 nitrogen and oxygen atoms in total. The maximum absolute atomic E-state index is 10.6. The highest BCUT2D eigenvalue weighted by Crippen LogP contribution is 2.24. The van der Waals surface area contributed by atoms with Gasteiger partial charge in [0.1, 0.15) is 0 Å². The van der Waals surface area contributed by atoms with Gasteiger partial charge in [0.15, 0.2) is 0 Å². The summed E-state index contributed by atoms with van der Waals surface area (Å²) >= 11 is 0. The maximum Gasteiger partial charge on any atom is 0.0546 e. The zero-order chi connectivity index (χ0) is 18.3. The van der Waals surface area contributed by atoms with Crippen molar-refractivity contribution < 1.29 is 5.11 Å². The first kappa shape index (κ1) is 22.9. The summed E-state index contributed by atoms with van der Waals surface area (Å²) in [6, 6.07) is 0. The van der Waals surface area contributed by atoms with E-state index in [0.29, 0.717) is 11.8 Å². The Morgan fingerprint density at radius 1 is 0.960 bits per heavy atom. The lowest BCUT2D eigenvalue weighted by Crippen LogP contribution is -2.31. The molecule has 1 rings (SSSR count). The van der Waals surface area contributed by atoms with Crippen molar-refractivity contribution in [3.05, 3.63) is 0 Å². The third kappa shape index (κ3) is 11.2. The number of rotatable bonds is 15. The summed E-state index contributed by atoms with van der Waals surface area (Å²) in [4.78, 5) is 0. The van der Waals surface area contributed by atoms with Crippen LogP contribution >= 0.6 is 0 Å². The van der Waals surface area contributed by atoms with Crippen LogP contribution in [-0.2, 0) is 0 Å². The van der Waals surface area contributed by atoms with E-state index in [2.05, 4.69) is 19.2 Å². The van der Waals surface area contributed by atoms with Gasteiger partial charge in [-0.3, -0.25) is 0 Å². The van der Waals surface area contributed by atoms with Gasteiger partial charge in [-0.1, -0.05) is 58.8 Å². The molecule has 3 unspecified atom stereocenters. The normalized spacial score (nSPS) is 19.7. The lowest BCUT2D eigenvalue weighted by molar-refractivity contribution is 0.109. The topological polar surface area (TPSA) is 58.3 Å². The van der Waals surface area contributed by atoms with Crippen LogP contribution in [-0.4, -0.2) is 30.8 Å². The second-order valence-electron chi connectivity index (χ2n) is 8.54. The van der Waals surface area contributed by atoms with Crippen LogP contribution in [0.4, 0.5) is 0 Å². The second-order valence-corrected chi connectivity index (χ2v) is 8.54. The van der Waals surface area contributed by atoms with E-state index in [9.17, 15) is 5.11 Å². The molecule has 150 valence electrons. The van der Waals surface area contributed by atoms with E-state index in [-0.39, 0.29) is 6.10 Å². The highest BCUT2D eigenvalue weighted by atomic mass is 16.3. The SMILES string of the molecule is CCCCC(CN)CC(O)CC(CCCC)CNCC1CCCCC1.